The molecule has 1 N–H and O–H groups in total. The van der Waals surface area contributed by atoms with E-state index >= 15 is 0 Å². The van der Waals surface area contributed by atoms with Gasteiger partial charge in [-0.15, -0.1) is 0 Å². The van der Waals surface area contributed by atoms with Gasteiger partial charge in [-0.25, -0.2) is 0 Å². The van der Waals surface area contributed by atoms with E-state index in [-0.39, 0.29) is 29.3 Å². The number of esters is 1. The molecule has 3 aromatic rings. The molecule has 0 fully saturated rings. The summed E-state index contributed by atoms with van der Waals surface area (Å²) in [5.41, 5.74) is 2.08. The maximum Gasteiger partial charge on any atom is 0.310 e. The van der Waals surface area contributed by atoms with Crippen molar-refractivity contribution in [2.45, 2.75) is 20.3 Å². The lowest BCUT2D eigenvalue weighted by Gasteiger charge is -2.06. The Labute approximate surface area is 144 Å². The summed E-state index contributed by atoms with van der Waals surface area (Å²) < 4.78 is 10.7. The van der Waals surface area contributed by atoms with Gasteiger partial charge in [0.05, 0.1) is 12.6 Å². The number of aromatic nitrogens is 2. The number of fused-ring (bicyclic) bond motifs is 1. The number of pyridine rings is 1. The molecule has 6 heteroatoms. The van der Waals surface area contributed by atoms with Crippen LogP contribution in [-0.2, 0) is 4.79 Å². The molecule has 2 heterocycles. The minimum Gasteiger partial charge on any atom is -0.497 e. The van der Waals surface area contributed by atoms with Gasteiger partial charge in [0.15, 0.2) is 5.75 Å². The summed E-state index contributed by atoms with van der Waals surface area (Å²) in [6.45, 7) is 3.58. The number of hydrogen-bond acceptors (Lipinski definition) is 5. The molecule has 6 nitrogen and oxygen atoms in total. The van der Waals surface area contributed by atoms with Crippen molar-refractivity contribution in [3.63, 3.8) is 0 Å². The number of hydrogen-bond donors (Lipinski definition) is 1. The predicted octanol–water partition coefficient (Wildman–Crippen LogP) is 3.43. The highest BCUT2D eigenvalue weighted by Crippen LogP contribution is 2.34. The van der Waals surface area contributed by atoms with E-state index < -0.39 is 5.97 Å². The standard InChI is InChI=1S/C19H18N2O4/c1-4-16(22)25-19-13-10-12(24-3)5-6-14(13)21-17(19)18(23)15-9-11(2)7-8-20-15/h5-10,21H,4H2,1-3H3. The molecule has 0 aliphatic heterocycles. The van der Waals surface area contributed by atoms with E-state index in [1.807, 2.05) is 13.0 Å². The fourth-order valence-electron chi connectivity index (χ4n) is 2.51. The summed E-state index contributed by atoms with van der Waals surface area (Å²) in [6.07, 6.45) is 1.78. The second-order valence-corrected chi connectivity index (χ2v) is 5.62. The molecule has 0 amide bonds. The van der Waals surface area contributed by atoms with Gasteiger partial charge in [-0.2, -0.15) is 0 Å². The molecule has 0 aliphatic rings. The highest BCUT2D eigenvalue weighted by atomic mass is 16.5. The Bertz CT molecular complexity index is 959. The maximum absolute atomic E-state index is 12.9. The molecule has 0 aliphatic carbocycles. The summed E-state index contributed by atoms with van der Waals surface area (Å²) in [4.78, 5) is 31.9. The van der Waals surface area contributed by atoms with E-state index in [0.717, 1.165) is 5.56 Å². The molecule has 128 valence electrons. The zero-order chi connectivity index (χ0) is 18.0. The fourth-order valence-corrected chi connectivity index (χ4v) is 2.51. The number of carbonyl (C=O) groups is 2. The van der Waals surface area contributed by atoms with E-state index in [2.05, 4.69) is 9.97 Å². The summed E-state index contributed by atoms with van der Waals surface area (Å²) in [5, 5.41) is 0.608. The van der Waals surface area contributed by atoms with Crippen LogP contribution in [0, 0.1) is 6.92 Å². The average molecular weight is 338 g/mol. The lowest BCUT2D eigenvalue weighted by molar-refractivity contribution is -0.133. The Morgan fingerprint density at radius 3 is 2.68 bits per heavy atom. The Morgan fingerprint density at radius 1 is 1.20 bits per heavy atom. The Kier molecular flexibility index (Phi) is 4.52. The molecular formula is C19H18N2O4. The van der Waals surface area contributed by atoms with Crippen LogP contribution in [0.5, 0.6) is 11.5 Å². The molecule has 2 aromatic heterocycles. The maximum atomic E-state index is 12.9. The Hall–Kier alpha value is -3.15. The van der Waals surface area contributed by atoms with Crippen LogP contribution in [0.4, 0.5) is 0 Å². The van der Waals surface area contributed by atoms with Crippen molar-refractivity contribution in [1.82, 2.24) is 9.97 Å². The van der Waals surface area contributed by atoms with Crippen LogP contribution in [0.25, 0.3) is 10.9 Å². The monoisotopic (exact) mass is 338 g/mol. The third-order valence-corrected chi connectivity index (χ3v) is 3.84. The van der Waals surface area contributed by atoms with Crippen molar-refractivity contribution in [2.24, 2.45) is 0 Å². The highest BCUT2D eigenvalue weighted by molar-refractivity contribution is 6.13. The minimum absolute atomic E-state index is 0.197. The van der Waals surface area contributed by atoms with Gasteiger partial charge in [0.1, 0.15) is 17.1 Å². The quantitative estimate of drug-likeness (QED) is 0.569. The zero-order valence-corrected chi connectivity index (χ0v) is 14.3. The highest BCUT2D eigenvalue weighted by Gasteiger charge is 2.23. The van der Waals surface area contributed by atoms with Crippen LogP contribution in [0.2, 0.25) is 0 Å². The van der Waals surface area contributed by atoms with Crippen LogP contribution >= 0.6 is 0 Å². The first kappa shape index (κ1) is 16.7. The number of H-pyrrole nitrogens is 1. The van der Waals surface area contributed by atoms with Crippen LogP contribution in [-0.4, -0.2) is 28.8 Å². The van der Waals surface area contributed by atoms with E-state index in [9.17, 15) is 9.59 Å². The zero-order valence-electron chi connectivity index (χ0n) is 14.3. The van der Waals surface area contributed by atoms with Gasteiger partial charge >= 0.3 is 5.97 Å². The lowest BCUT2D eigenvalue weighted by atomic mass is 10.1. The first-order valence-corrected chi connectivity index (χ1v) is 7.91. The Morgan fingerprint density at radius 2 is 2.00 bits per heavy atom. The molecule has 0 saturated heterocycles. The number of rotatable bonds is 5. The summed E-state index contributed by atoms with van der Waals surface area (Å²) in [5.74, 6) is 0.0507. The molecule has 0 radical (unpaired) electrons. The number of nitrogens with zero attached hydrogens (tertiary/aromatic N) is 1. The average Bonchev–Trinajstić information content (AvgIpc) is 2.98. The second-order valence-electron chi connectivity index (χ2n) is 5.62. The molecule has 1 aromatic carbocycles. The number of benzene rings is 1. The third kappa shape index (κ3) is 3.24. The van der Waals surface area contributed by atoms with Crippen LogP contribution in [0.15, 0.2) is 36.5 Å². The summed E-state index contributed by atoms with van der Waals surface area (Å²) in [7, 11) is 1.55. The number of aromatic amines is 1. The third-order valence-electron chi connectivity index (χ3n) is 3.84. The number of ketones is 1. The van der Waals surface area contributed by atoms with Gasteiger partial charge in [0.2, 0.25) is 5.78 Å². The smallest absolute Gasteiger partial charge is 0.310 e. The summed E-state index contributed by atoms with van der Waals surface area (Å²) in [6, 6.07) is 8.77. The minimum atomic E-state index is -0.421. The molecule has 0 saturated carbocycles. The van der Waals surface area contributed by atoms with Gasteiger partial charge in [0.25, 0.3) is 0 Å². The number of carbonyl (C=O) groups excluding carboxylic acids is 2. The summed E-state index contributed by atoms with van der Waals surface area (Å²) >= 11 is 0. The van der Waals surface area contributed by atoms with Crippen molar-refractivity contribution in [3.8, 4) is 11.5 Å². The van der Waals surface area contributed by atoms with E-state index in [1.165, 1.54) is 0 Å². The molecule has 0 unspecified atom stereocenters. The Balaban J connectivity index is 2.17. The molecular weight excluding hydrogens is 320 g/mol. The van der Waals surface area contributed by atoms with Gasteiger partial charge in [-0.05, 0) is 42.8 Å². The van der Waals surface area contributed by atoms with Gasteiger partial charge in [-0.1, -0.05) is 6.92 Å². The van der Waals surface area contributed by atoms with E-state index in [4.69, 9.17) is 9.47 Å². The van der Waals surface area contributed by atoms with Gasteiger partial charge < -0.3 is 14.5 Å². The molecule has 25 heavy (non-hydrogen) atoms. The van der Waals surface area contributed by atoms with Gasteiger partial charge in [-0.3, -0.25) is 14.6 Å². The number of aryl methyl sites for hydroxylation is 1. The van der Waals surface area contributed by atoms with Crippen molar-refractivity contribution >= 4 is 22.7 Å². The van der Waals surface area contributed by atoms with Crippen molar-refractivity contribution < 1.29 is 19.1 Å². The normalized spacial score (nSPS) is 10.7. The molecule has 0 spiro atoms. The molecule has 0 bridgehead atoms. The number of methoxy groups -OCH3 is 1. The van der Waals surface area contributed by atoms with E-state index in [0.29, 0.717) is 16.7 Å². The predicted molar refractivity (Wildman–Crippen MR) is 93.2 cm³/mol. The van der Waals surface area contributed by atoms with Gasteiger partial charge in [0, 0.05) is 18.0 Å². The number of nitrogens with one attached hydrogen (secondary N) is 1. The SMILES string of the molecule is CCC(=O)Oc1c(C(=O)c2cc(C)ccn2)[nH]c2ccc(OC)cc12. The lowest BCUT2D eigenvalue weighted by Crippen LogP contribution is -2.11. The van der Waals surface area contributed by atoms with Crippen LogP contribution < -0.4 is 9.47 Å². The van der Waals surface area contributed by atoms with Crippen LogP contribution in [0.1, 0.15) is 35.1 Å². The second kappa shape index (κ2) is 6.76. The van der Waals surface area contributed by atoms with Crippen LogP contribution in [0.3, 0.4) is 0 Å². The van der Waals surface area contributed by atoms with Crippen molar-refractivity contribution in [1.29, 1.82) is 0 Å². The molecule has 0 atom stereocenters. The first-order valence-electron chi connectivity index (χ1n) is 7.91. The topological polar surface area (TPSA) is 81.3 Å². The van der Waals surface area contributed by atoms with E-state index in [1.54, 1.807) is 44.5 Å². The van der Waals surface area contributed by atoms with Crippen molar-refractivity contribution in [2.75, 3.05) is 7.11 Å². The largest absolute Gasteiger partial charge is 0.497 e. The van der Waals surface area contributed by atoms with Crippen molar-refractivity contribution in [3.05, 3.63) is 53.5 Å². The first-order chi connectivity index (χ1) is 12.0. The fraction of sp³-hybridized carbons (Fsp3) is 0.211. The number of ether oxygens (including phenoxy) is 2. The molecule has 3 rings (SSSR count).